The Morgan fingerprint density at radius 2 is 1.62 bits per heavy atom. The highest BCUT2D eigenvalue weighted by molar-refractivity contribution is 7.89. The van der Waals surface area contributed by atoms with E-state index in [0.717, 1.165) is 24.3 Å². The zero-order valence-electron chi connectivity index (χ0n) is 26.3. The second-order valence-corrected chi connectivity index (χ2v) is 13.5. The Bertz CT molecular complexity index is 1860. The molecule has 4 N–H and O–H groups in total. The number of anilines is 1. The minimum absolute atomic E-state index is 0.0213. The summed E-state index contributed by atoms with van der Waals surface area (Å²) in [6.45, 7) is 2.50. The van der Waals surface area contributed by atoms with Crippen molar-refractivity contribution in [1.29, 1.82) is 0 Å². The molecule has 5 rings (SSSR count). The Morgan fingerprint density at radius 3 is 2.31 bits per heavy atom. The summed E-state index contributed by atoms with van der Waals surface area (Å²) in [7, 11) is -2.62. The normalized spacial score (nSPS) is 18.2. The van der Waals surface area contributed by atoms with Gasteiger partial charge in [-0.1, -0.05) is 30.3 Å². The van der Waals surface area contributed by atoms with Crippen molar-refractivity contribution in [2.24, 2.45) is 5.73 Å². The molecule has 1 fully saturated rings. The maximum Gasteiger partial charge on any atom is 0.247 e. The van der Waals surface area contributed by atoms with Crippen LogP contribution in [0.3, 0.4) is 0 Å². The van der Waals surface area contributed by atoms with Crippen molar-refractivity contribution in [1.82, 2.24) is 9.62 Å². The largest absolute Gasteiger partial charge is 0.495 e. The average molecular weight is 685 g/mol. The van der Waals surface area contributed by atoms with Crippen molar-refractivity contribution in [3.05, 3.63) is 125 Å². The number of benzene rings is 4. The Balaban J connectivity index is 1.40. The number of halogens is 4. The highest BCUT2D eigenvalue weighted by atomic mass is 32.2. The van der Waals surface area contributed by atoms with Gasteiger partial charge in [-0.25, -0.2) is 26.0 Å². The van der Waals surface area contributed by atoms with Gasteiger partial charge in [0, 0.05) is 48.4 Å². The van der Waals surface area contributed by atoms with Gasteiger partial charge < -0.3 is 21.1 Å². The molecule has 1 aliphatic rings. The third kappa shape index (κ3) is 7.54. The van der Waals surface area contributed by atoms with Crippen molar-refractivity contribution in [3.8, 4) is 5.75 Å². The minimum atomic E-state index is -4.02. The van der Waals surface area contributed by atoms with Crippen molar-refractivity contribution in [2.75, 3.05) is 25.5 Å². The number of piperazine rings is 1. The second-order valence-electron chi connectivity index (χ2n) is 11.7. The molecule has 1 aliphatic heterocycles. The van der Waals surface area contributed by atoms with E-state index in [2.05, 4.69) is 10.6 Å². The smallest absolute Gasteiger partial charge is 0.247 e. The van der Waals surface area contributed by atoms with Crippen molar-refractivity contribution >= 4 is 21.6 Å². The number of carbonyl (C=O) groups excluding carboxylic acids is 1. The summed E-state index contributed by atoms with van der Waals surface area (Å²) in [5, 5.41) is 5.90. The number of para-hydroxylation sites is 1. The first-order valence-electron chi connectivity index (χ1n) is 15.3. The van der Waals surface area contributed by atoms with Gasteiger partial charge in [0.1, 0.15) is 33.9 Å². The first kappa shape index (κ1) is 35.0. The van der Waals surface area contributed by atoms with Crippen LogP contribution in [0.25, 0.3) is 0 Å². The molecule has 1 amide bonds. The maximum atomic E-state index is 15.4. The van der Waals surface area contributed by atoms with Crippen LogP contribution in [0.2, 0.25) is 0 Å². The number of hydrogen-bond donors (Lipinski definition) is 3. The number of nitrogens with two attached hydrogens (primary N) is 1. The van der Waals surface area contributed by atoms with Gasteiger partial charge in [0.05, 0.1) is 13.2 Å². The lowest BCUT2D eigenvalue weighted by molar-refractivity contribution is -0.117. The number of carbonyl (C=O) groups is 1. The van der Waals surface area contributed by atoms with E-state index in [4.69, 9.17) is 10.5 Å². The third-order valence-electron chi connectivity index (χ3n) is 8.48. The van der Waals surface area contributed by atoms with Crippen LogP contribution in [0.4, 0.5) is 23.2 Å². The van der Waals surface area contributed by atoms with Gasteiger partial charge in [-0.3, -0.25) is 4.79 Å². The monoisotopic (exact) mass is 684 g/mol. The van der Waals surface area contributed by atoms with E-state index in [1.165, 1.54) is 47.8 Å². The van der Waals surface area contributed by atoms with Crippen LogP contribution in [-0.2, 0) is 21.2 Å². The van der Waals surface area contributed by atoms with E-state index in [-0.39, 0.29) is 40.3 Å². The van der Waals surface area contributed by atoms with Gasteiger partial charge in [-0.15, -0.1) is 0 Å². The number of sulfonamides is 1. The lowest BCUT2D eigenvalue weighted by atomic mass is 9.84. The number of rotatable bonds is 11. The van der Waals surface area contributed by atoms with Crippen molar-refractivity contribution in [3.63, 3.8) is 0 Å². The van der Waals surface area contributed by atoms with Crippen LogP contribution in [0, 0.1) is 23.3 Å². The second kappa shape index (κ2) is 14.9. The Morgan fingerprint density at radius 1 is 0.938 bits per heavy atom. The predicted molar refractivity (Wildman–Crippen MR) is 174 cm³/mol. The first-order valence-corrected chi connectivity index (χ1v) is 16.8. The summed E-state index contributed by atoms with van der Waals surface area (Å²) < 4.78 is 92.2. The molecule has 8 nitrogen and oxygen atoms in total. The summed E-state index contributed by atoms with van der Waals surface area (Å²) in [5.41, 5.74) is 7.03. The van der Waals surface area contributed by atoms with E-state index in [1.54, 1.807) is 25.1 Å². The Labute approximate surface area is 277 Å². The van der Waals surface area contributed by atoms with Crippen LogP contribution in [0.15, 0.2) is 89.8 Å². The van der Waals surface area contributed by atoms with Crippen molar-refractivity contribution in [2.45, 2.75) is 48.7 Å². The number of nitrogens with one attached hydrogen (secondary N) is 2. The lowest BCUT2D eigenvalue weighted by Crippen LogP contribution is -2.58. The third-order valence-corrected chi connectivity index (χ3v) is 10.6. The summed E-state index contributed by atoms with van der Waals surface area (Å²) >= 11 is 0. The molecule has 1 heterocycles. The average Bonchev–Trinajstić information content (AvgIpc) is 3.05. The van der Waals surface area contributed by atoms with Crippen molar-refractivity contribution < 1.29 is 35.5 Å². The molecular weight excluding hydrogens is 648 g/mol. The summed E-state index contributed by atoms with van der Waals surface area (Å²) in [4.78, 5) is 13.6. The predicted octanol–water partition coefficient (Wildman–Crippen LogP) is 5.33. The van der Waals surface area contributed by atoms with Gasteiger partial charge in [0.15, 0.2) is 0 Å². The number of ether oxygens (including phenoxy) is 1. The van der Waals surface area contributed by atoms with Gasteiger partial charge in [-0.2, -0.15) is 4.31 Å². The molecule has 13 heteroatoms. The molecule has 254 valence electrons. The van der Waals surface area contributed by atoms with Crippen LogP contribution in [0.5, 0.6) is 5.75 Å². The fourth-order valence-corrected chi connectivity index (χ4v) is 8.25. The summed E-state index contributed by atoms with van der Waals surface area (Å²) in [6.07, 6.45) is 0.243. The van der Waals surface area contributed by atoms with Crippen LogP contribution >= 0.6 is 0 Å². The molecule has 1 saturated heterocycles. The molecule has 48 heavy (non-hydrogen) atoms. The standard InChI is InChI=1S/C35H36F4N4O4S/c1-21-19-41-20-27(43(21)48(45,46)32-9-4-3-8-31(32)47-2)14-15-28-29(39)6-5-7-30(28)42-35(44)34(40)33(22-10-12-24(36)13-11-22)23-16-25(37)18-26(38)17-23/h3-13,16-18,21,27,33-34,41H,14-15,19-20,40H2,1-2H3,(H,42,44)/t21-,27-,33-,34-/m0/s1. The molecule has 0 saturated carbocycles. The van der Waals surface area contributed by atoms with Gasteiger partial charge >= 0.3 is 0 Å². The Hall–Kier alpha value is -4.30. The molecule has 0 bridgehead atoms. The highest BCUT2D eigenvalue weighted by Crippen LogP contribution is 2.33. The molecule has 4 aromatic rings. The zero-order chi connectivity index (χ0) is 34.6. The SMILES string of the molecule is COc1ccccc1S(=O)(=O)N1[C@@H](CCc2c(F)cccc2NC(=O)[C@@H](N)[C@@H](c2ccc(F)cc2)c2cc(F)cc(F)c2)CNC[C@@H]1C. The van der Waals surface area contributed by atoms with E-state index in [0.29, 0.717) is 24.7 Å². The number of hydrogen-bond acceptors (Lipinski definition) is 6. The summed E-state index contributed by atoms with van der Waals surface area (Å²) in [6, 6.07) is 15.8. The lowest BCUT2D eigenvalue weighted by Gasteiger charge is -2.40. The minimum Gasteiger partial charge on any atom is -0.495 e. The van der Waals surface area contributed by atoms with Crippen LogP contribution in [0.1, 0.15) is 36.0 Å². The number of methoxy groups -OCH3 is 1. The fourth-order valence-electron chi connectivity index (χ4n) is 6.25. The molecule has 0 unspecified atom stereocenters. The highest BCUT2D eigenvalue weighted by Gasteiger charge is 2.39. The molecule has 0 aliphatic carbocycles. The van der Waals surface area contributed by atoms with E-state index < -0.39 is 63.2 Å². The molecule has 0 radical (unpaired) electrons. The molecule has 4 atom stereocenters. The molecular formula is C35H36F4N4O4S. The zero-order valence-corrected chi connectivity index (χ0v) is 27.1. The number of nitrogens with zero attached hydrogens (tertiary/aromatic N) is 1. The molecule has 0 spiro atoms. The van der Waals surface area contributed by atoms with E-state index >= 15 is 4.39 Å². The fraction of sp³-hybridized carbons (Fsp3) is 0.286. The Kier molecular flexibility index (Phi) is 10.8. The quantitative estimate of drug-likeness (QED) is 0.184. The molecule has 4 aromatic carbocycles. The van der Waals surface area contributed by atoms with E-state index in [9.17, 15) is 26.4 Å². The van der Waals surface area contributed by atoms with E-state index in [1.807, 2.05) is 0 Å². The van der Waals surface area contributed by atoms with Gasteiger partial charge in [-0.05, 0) is 79.4 Å². The van der Waals surface area contributed by atoms with Gasteiger partial charge in [0.25, 0.3) is 0 Å². The topological polar surface area (TPSA) is 114 Å². The maximum absolute atomic E-state index is 15.4. The summed E-state index contributed by atoms with van der Waals surface area (Å²) in [5.74, 6) is -4.61. The first-order chi connectivity index (χ1) is 22.9. The van der Waals surface area contributed by atoms with Gasteiger partial charge in [0.2, 0.25) is 15.9 Å². The van der Waals surface area contributed by atoms with Crippen LogP contribution in [-0.4, -0.2) is 57.0 Å². The van der Waals surface area contributed by atoms with Crippen LogP contribution < -0.4 is 21.1 Å². The number of amides is 1. The molecule has 0 aromatic heterocycles.